The van der Waals surface area contributed by atoms with Crippen molar-refractivity contribution in [1.82, 2.24) is 19.4 Å². The van der Waals surface area contributed by atoms with Crippen LogP contribution >= 0.6 is 0 Å². The van der Waals surface area contributed by atoms with Crippen molar-refractivity contribution in [1.29, 1.82) is 0 Å². The van der Waals surface area contributed by atoms with Crippen molar-refractivity contribution < 1.29 is 50.9 Å². The molecular weight excluding hydrogens is 550 g/mol. The van der Waals surface area contributed by atoms with Gasteiger partial charge in [0.05, 0.1) is 6.42 Å². The van der Waals surface area contributed by atoms with Crippen LogP contribution in [0, 0.1) is 5.41 Å². The minimum Gasteiger partial charge on any atom is -0.475 e. The smallest absolute Gasteiger partial charge is 0.475 e. The molecule has 1 amide bonds. The maximum atomic E-state index is 12.6. The van der Waals surface area contributed by atoms with Gasteiger partial charge in [-0.05, 0) is 55.0 Å². The Bertz CT molecular complexity index is 1100. The number of amides is 1. The summed E-state index contributed by atoms with van der Waals surface area (Å²) in [6.07, 6.45) is -0.497. The number of carboxylic acid groups (broad SMARTS) is 2. The maximum Gasteiger partial charge on any atom is 0.490 e. The molecule has 222 valence electrons. The standard InChI is InChI=1S/C21H28N4O.2C2HF3O2/c1-23-10-3-5-19(23)16-24-11-6-21(17-24)7-12-25(13-8-21)20(26)14-18-4-2-9-22-15-18;2*3-2(4,5)1(6)7/h2-5,9-10,15H,6-8,11-14,16-17H2,1H3;2*(H,6,7). The summed E-state index contributed by atoms with van der Waals surface area (Å²) in [4.78, 5) is 39.1. The molecule has 2 aromatic rings. The number of halogens is 6. The number of carbonyl (C=O) groups excluding carboxylic acids is 1. The molecule has 0 bridgehead atoms. The molecular formula is C25H30F6N4O5. The van der Waals surface area contributed by atoms with Crippen molar-refractivity contribution in [3.63, 3.8) is 0 Å². The average Bonchev–Trinajstić information content (AvgIpc) is 3.45. The van der Waals surface area contributed by atoms with Crippen LogP contribution in [0.25, 0.3) is 0 Å². The highest BCUT2D eigenvalue weighted by molar-refractivity contribution is 5.78. The number of aromatic nitrogens is 2. The van der Waals surface area contributed by atoms with Crippen molar-refractivity contribution >= 4 is 17.8 Å². The van der Waals surface area contributed by atoms with Gasteiger partial charge < -0.3 is 19.7 Å². The second-order valence-corrected chi connectivity index (χ2v) is 9.60. The van der Waals surface area contributed by atoms with E-state index in [1.54, 1.807) is 12.4 Å². The molecule has 2 saturated heterocycles. The van der Waals surface area contributed by atoms with Gasteiger partial charge >= 0.3 is 24.3 Å². The van der Waals surface area contributed by atoms with Crippen LogP contribution in [0.4, 0.5) is 26.3 Å². The second-order valence-electron chi connectivity index (χ2n) is 9.60. The van der Waals surface area contributed by atoms with E-state index in [0.717, 1.165) is 38.0 Å². The van der Waals surface area contributed by atoms with Crippen molar-refractivity contribution in [3.8, 4) is 0 Å². The van der Waals surface area contributed by atoms with Crippen molar-refractivity contribution in [3.05, 3.63) is 54.1 Å². The van der Waals surface area contributed by atoms with Crippen LogP contribution in [-0.2, 0) is 34.4 Å². The van der Waals surface area contributed by atoms with Crippen LogP contribution in [0.1, 0.15) is 30.5 Å². The normalized spacial score (nSPS) is 16.9. The molecule has 15 heteroatoms. The number of carboxylic acids is 2. The van der Waals surface area contributed by atoms with E-state index in [4.69, 9.17) is 19.8 Å². The van der Waals surface area contributed by atoms with Crippen LogP contribution in [0.2, 0.25) is 0 Å². The van der Waals surface area contributed by atoms with Gasteiger partial charge in [-0.15, -0.1) is 0 Å². The number of likely N-dealkylation sites (tertiary alicyclic amines) is 2. The van der Waals surface area contributed by atoms with Gasteiger partial charge in [-0.1, -0.05) is 6.07 Å². The number of rotatable bonds is 4. The monoisotopic (exact) mass is 580 g/mol. The van der Waals surface area contributed by atoms with E-state index in [0.29, 0.717) is 11.8 Å². The molecule has 9 nitrogen and oxygen atoms in total. The minimum absolute atomic E-state index is 0.242. The van der Waals surface area contributed by atoms with Crippen LogP contribution in [-0.4, -0.2) is 85.9 Å². The zero-order chi connectivity index (χ0) is 30.1. The Morgan fingerprint density at radius 1 is 0.925 bits per heavy atom. The molecule has 2 aromatic heterocycles. The first-order valence-electron chi connectivity index (χ1n) is 12.1. The Morgan fingerprint density at radius 2 is 1.48 bits per heavy atom. The van der Waals surface area contributed by atoms with Crippen LogP contribution < -0.4 is 0 Å². The minimum atomic E-state index is -5.08. The van der Waals surface area contributed by atoms with Gasteiger partial charge in [0.25, 0.3) is 0 Å². The third kappa shape index (κ3) is 10.2. The molecule has 0 aliphatic carbocycles. The van der Waals surface area contributed by atoms with Crippen LogP contribution in [0.15, 0.2) is 42.9 Å². The van der Waals surface area contributed by atoms with Gasteiger partial charge in [-0.3, -0.25) is 14.7 Å². The quantitative estimate of drug-likeness (QED) is 0.530. The largest absolute Gasteiger partial charge is 0.490 e. The van der Waals surface area contributed by atoms with E-state index in [-0.39, 0.29) is 5.91 Å². The summed E-state index contributed by atoms with van der Waals surface area (Å²) in [5.74, 6) is -5.27. The Balaban J connectivity index is 0.000000333. The highest BCUT2D eigenvalue weighted by Gasteiger charge is 2.41. The van der Waals surface area contributed by atoms with Gasteiger partial charge in [-0.2, -0.15) is 26.3 Å². The number of carbonyl (C=O) groups is 3. The third-order valence-corrected chi connectivity index (χ3v) is 6.69. The summed E-state index contributed by atoms with van der Waals surface area (Å²) >= 11 is 0. The molecule has 0 unspecified atom stereocenters. The van der Waals surface area contributed by atoms with Crippen molar-refractivity contribution in [2.75, 3.05) is 26.2 Å². The maximum absolute atomic E-state index is 12.6. The van der Waals surface area contributed by atoms with Gasteiger partial charge in [-0.25, -0.2) is 9.59 Å². The van der Waals surface area contributed by atoms with Gasteiger partial charge in [0.1, 0.15) is 0 Å². The number of nitrogens with zero attached hydrogens (tertiary/aromatic N) is 4. The molecule has 40 heavy (non-hydrogen) atoms. The lowest BCUT2D eigenvalue weighted by Gasteiger charge is -2.39. The SMILES string of the molecule is Cn1cccc1CN1CCC2(CCN(C(=O)Cc3cccnc3)CC2)C1.O=C(O)C(F)(F)F.O=C(O)C(F)(F)F. The Kier molecular flexibility index (Phi) is 11.1. The third-order valence-electron chi connectivity index (χ3n) is 6.69. The lowest BCUT2D eigenvalue weighted by molar-refractivity contribution is -0.193. The fourth-order valence-electron chi connectivity index (χ4n) is 4.48. The van der Waals surface area contributed by atoms with Gasteiger partial charge in [0.2, 0.25) is 5.91 Å². The first-order chi connectivity index (χ1) is 18.5. The molecule has 0 saturated carbocycles. The number of pyridine rings is 1. The number of aryl methyl sites for hydroxylation is 1. The molecule has 2 aliphatic heterocycles. The Morgan fingerprint density at radius 3 is 1.93 bits per heavy atom. The number of aliphatic carboxylic acids is 2. The predicted molar refractivity (Wildman–Crippen MR) is 129 cm³/mol. The summed E-state index contributed by atoms with van der Waals surface area (Å²) in [6, 6.07) is 8.21. The first-order valence-corrected chi connectivity index (χ1v) is 12.1. The van der Waals surface area contributed by atoms with E-state index < -0.39 is 24.3 Å². The highest BCUT2D eigenvalue weighted by atomic mass is 19.4. The summed E-state index contributed by atoms with van der Waals surface area (Å²) in [5, 5.41) is 14.2. The molecule has 4 rings (SSSR count). The predicted octanol–water partition coefficient (Wildman–Crippen LogP) is 3.74. The van der Waals surface area contributed by atoms with Crippen molar-refractivity contribution in [2.24, 2.45) is 12.5 Å². The molecule has 0 radical (unpaired) electrons. The second kappa shape index (κ2) is 13.6. The van der Waals surface area contributed by atoms with Gasteiger partial charge in [0, 0.05) is 57.5 Å². The Labute approximate surface area is 226 Å². The molecule has 2 N–H and O–H groups in total. The lowest BCUT2D eigenvalue weighted by atomic mass is 9.77. The summed E-state index contributed by atoms with van der Waals surface area (Å²) in [6.45, 7) is 5.18. The fraction of sp³-hybridized carbons (Fsp3) is 0.520. The topological polar surface area (TPSA) is 116 Å². The van der Waals surface area contributed by atoms with Crippen molar-refractivity contribution in [2.45, 2.75) is 44.6 Å². The van der Waals surface area contributed by atoms with Crippen LogP contribution in [0.3, 0.4) is 0 Å². The van der Waals surface area contributed by atoms with E-state index in [1.165, 1.54) is 25.2 Å². The zero-order valence-corrected chi connectivity index (χ0v) is 21.6. The summed E-state index contributed by atoms with van der Waals surface area (Å²) < 4.78 is 65.7. The average molecular weight is 581 g/mol. The molecule has 2 fully saturated rings. The highest BCUT2D eigenvalue weighted by Crippen LogP contribution is 2.40. The van der Waals surface area contributed by atoms with Crippen LogP contribution in [0.5, 0.6) is 0 Å². The molecule has 0 atom stereocenters. The Hall–Kier alpha value is -3.62. The number of piperidine rings is 1. The molecule has 2 aliphatic rings. The van der Waals surface area contributed by atoms with Gasteiger partial charge in [0.15, 0.2) is 0 Å². The lowest BCUT2D eigenvalue weighted by Crippen LogP contribution is -2.44. The summed E-state index contributed by atoms with van der Waals surface area (Å²) in [5.41, 5.74) is 2.80. The molecule has 4 heterocycles. The summed E-state index contributed by atoms with van der Waals surface area (Å²) in [7, 11) is 2.12. The fourth-order valence-corrected chi connectivity index (χ4v) is 4.48. The van der Waals surface area contributed by atoms with E-state index in [9.17, 15) is 31.1 Å². The first kappa shape index (κ1) is 32.6. The van der Waals surface area contributed by atoms with E-state index >= 15 is 0 Å². The zero-order valence-electron chi connectivity index (χ0n) is 21.6. The molecule has 1 spiro atoms. The van der Waals surface area contributed by atoms with E-state index in [2.05, 4.69) is 44.7 Å². The number of hydrogen-bond donors (Lipinski definition) is 2. The number of hydrogen-bond acceptors (Lipinski definition) is 5. The number of alkyl halides is 6. The van der Waals surface area contributed by atoms with E-state index in [1.807, 2.05) is 12.1 Å². The molecule has 0 aromatic carbocycles.